The lowest BCUT2D eigenvalue weighted by atomic mass is 9.66. The van der Waals surface area contributed by atoms with Gasteiger partial charge in [-0.25, -0.2) is 4.79 Å². The van der Waals surface area contributed by atoms with E-state index < -0.39 is 5.60 Å². The molecule has 3 aliphatic rings. The Morgan fingerprint density at radius 3 is 2.33 bits per heavy atom. The van der Waals surface area contributed by atoms with Gasteiger partial charge in [0, 0.05) is 6.42 Å². The molecule has 27 heavy (non-hydrogen) atoms. The van der Waals surface area contributed by atoms with Gasteiger partial charge in [-0.1, -0.05) is 40.5 Å². The van der Waals surface area contributed by atoms with E-state index in [1.807, 2.05) is 0 Å². The lowest BCUT2D eigenvalue weighted by Gasteiger charge is -2.38. The molecule has 0 bridgehead atoms. The van der Waals surface area contributed by atoms with E-state index in [4.69, 9.17) is 9.47 Å². The molecule has 2 fully saturated rings. The highest BCUT2D eigenvalue weighted by Gasteiger charge is 2.55. The monoisotopic (exact) mass is 376 g/mol. The molecule has 2 unspecified atom stereocenters. The first kappa shape index (κ1) is 20.4. The van der Waals surface area contributed by atoms with Gasteiger partial charge in [-0.3, -0.25) is 4.79 Å². The highest BCUT2D eigenvalue weighted by atomic mass is 16.6. The van der Waals surface area contributed by atoms with Gasteiger partial charge in [0.15, 0.2) is 11.4 Å². The molecule has 1 heterocycles. The van der Waals surface area contributed by atoms with Crippen LogP contribution in [0.2, 0.25) is 0 Å². The fourth-order valence-electron chi connectivity index (χ4n) is 5.80. The van der Waals surface area contributed by atoms with E-state index in [-0.39, 0.29) is 17.9 Å². The summed E-state index contributed by atoms with van der Waals surface area (Å²) >= 11 is 0. The first-order valence-electron chi connectivity index (χ1n) is 11.1. The smallest absolute Gasteiger partial charge is 0.338 e. The number of carbonyl (C=O) groups is 2. The fraction of sp³-hybridized carbons (Fsp3) is 0.826. The number of hydrogen-bond acceptors (Lipinski definition) is 4. The second-order valence-electron chi connectivity index (χ2n) is 9.32. The standard InChI is InChI=1S/C23H36O4/c1-5-6-7-10-18(24)26-21-20(19-16(3)13-15(2)14-17(19)4)22(25)27-23(21)11-8-9-12-23/h15-17,19H,5-14H2,1-4H3. The van der Waals surface area contributed by atoms with Gasteiger partial charge in [0.05, 0.1) is 5.57 Å². The van der Waals surface area contributed by atoms with Crippen LogP contribution < -0.4 is 0 Å². The van der Waals surface area contributed by atoms with Gasteiger partial charge in [-0.05, 0) is 68.6 Å². The molecule has 0 amide bonds. The van der Waals surface area contributed by atoms with Crippen molar-refractivity contribution in [2.24, 2.45) is 23.7 Å². The molecular formula is C23H36O4. The lowest BCUT2D eigenvalue weighted by Crippen LogP contribution is -2.33. The van der Waals surface area contributed by atoms with Crippen molar-refractivity contribution < 1.29 is 19.1 Å². The molecule has 4 heteroatoms. The maximum Gasteiger partial charge on any atom is 0.338 e. The van der Waals surface area contributed by atoms with Crippen molar-refractivity contribution in [2.45, 2.75) is 97.5 Å². The normalized spacial score (nSPS) is 32.8. The van der Waals surface area contributed by atoms with Gasteiger partial charge in [0.25, 0.3) is 0 Å². The SMILES string of the molecule is CCCCCC(=O)OC1=C(C2C(C)CC(C)CC2C)C(=O)OC12CCCC2. The summed E-state index contributed by atoms with van der Waals surface area (Å²) in [5.41, 5.74) is 0.0163. The van der Waals surface area contributed by atoms with Crippen LogP contribution in [0, 0.1) is 23.7 Å². The molecule has 0 N–H and O–H groups in total. The van der Waals surface area contributed by atoms with E-state index in [1.54, 1.807) is 0 Å². The molecule has 0 saturated heterocycles. The van der Waals surface area contributed by atoms with Crippen LogP contribution in [0.3, 0.4) is 0 Å². The summed E-state index contributed by atoms with van der Waals surface area (Å²) in [5.74, 6) is 1.76. The summed E-state index contributed by atoms with van der Waals surface area (Å²) < 4.78 is 11.9. The third-order valence-electron chi connectivity index (χ3n) is 6.89. The molecule has 1 aliphatic heterocycles. The lowest BCUT2D eigenvalue weighted by molar-refractivity contribution is -0.153. The van der Waals surface area contributed by atoms with Crippen molar-refractivity contribution in [3.8, 4) is 0 Å². The van der Waals surface area contributed by atoms with Gasteiger partial charge >= 0.3 is 11.9 Å². The Bertz CT molecular complexity index is 587. The number of ether oxygens (including phenoxy) is 2. The minimum absolute atomic E-state index is 0.132. The van der Waals surface area contributed by atoms with Crippen molar-refractivity contribution in [1.29, 1.82) is 0 Å². The molecule has 2 atom stereocenters. The van der Waals surface area contributed by atoms with E-state index in [2.05, 4.69) is 27.7 Å². The van der Waals surface area contributed by atoms with Crippen LogP contribution in [0.1, 0.15) is 91.9 Å². The van der Waals surface area contributed by atoms with Gasteiger partial charge < -0.3 is 9.47 Å². The average Bonchev–Trinajstić information content (AvgIpc) is 3.14. The number of hydrogen-bond donors (Lipinski definition) is 0. The minimum Gasteiger partial charge on any atom is -0.447 e. The Labute approximate surface area is 164 Å². The van der Waals surface area contributed by atoms with E-state index in [9.17, 15) is 9.59 Å². The summed E-state index contributed by atoms with van der Waals surface area (Å²) in [4.78, 5) is 25.5. The minimum atomic E-state index is -0.671. The largest absolute Gasteiger partial charge is 0.447 e. The maximum atomic E-state index is 13.0. The average molecular weight is 377 g/mol. The molecule has 2 saturated carbocycles. The molecule has 4 nitrogen and oxygen atoms in total. The number of rotatable bonds is 6. The number of esters is 2. The molecule has 0 aromatic carbocycles. The van der Waals surface area contributed by atoms with Crippen LogP contribution in [0.25, 0.3) is 0 Å². The Morgan fingerprint density at radius 1 is 1.11 bits per heavy atom. The van der Waals surface area contributed by atoms with Crippen LogP contribution in [-0.2, 0) is 19.1 Å². The summed E-state index contributed by atoms with van der Waals surface area (Å²) in [6, 6.07) is 0. The van der Waals surface area contributed by atoms with E-state index in [0.29, 0.717) is 35.5 Å². The van der Waals surface area contributed by atoms with E-state index in [0.717, 1.165) is 57.8 Å². The molecular weight excluding hydrogens is 340 g/mol. The van der Waals surface area contributed by atoms with Crippen molar-refractivity contribution in [2.75, 3.05) is 0 Å². The predicted octanol–water partition coefficient (Wildman–Crippen LogP) is 5.55. The second kappa shape index (κ2) is 8.36. The molecule has 0 radical (unpaired) electrons. The van der Waals surface area contributed by atoms with Crippen LogP contribution in [0.5, 0.6) is 0 Å². The first-order chi connectivity index (χ1) is 12.9. The third-order valence-corrected chi connectivity index (χ3v) is 6.89. The van der Waals surface area contributed by atoms with Gasteiger partial charge in [0.2, 0.25) is 0 Å². The number of carbonyl (C=O) groups excluding carboxylic acids is 2. The van der Waals surface area contributed by atoms with Crippen molar-refractivity contribution in [3.63, 3.8) is 0 Å². The Morgan fingerprint density at radius 2 is 1.74 bits per heavy atom. The highest BCUT2D eigenvalue weighted by Crippen LogP contribution is 2.52. The Kier molecular flexibility index (Phi) is 6.32. The van der Waals surface area contributed by atoms with Crippen molar-refractivity contribution in [1.82, 2.24) is 0 Å². The van der Waals surface area contributed by atoms with Gasteiger partial charge in [-0.2, -0.15) is 0 Å². The van der Waals surface area contributed by atoms with Crippen LogP contribution >= 0.6 is 0 Å². The molecule has 3 rings (SSSR count). The highest BCUT2D eigenvalue weighted by molar-refractivity contribution is 5.94. The van der Waals surface area contributed by atoms with Gasteiger partial charge in [-0.15, -0.1) is 0 Å². The topological polar surface area (TPSA) is 52.6 Å². The van der Waals surface area contributed by atoms with Crippen molar-refractivity contribution in [3.05, 3.63) is 11.3 Å². The zero-order chi connectivity index (χ0) is 19.6. The summed E-state index contributed by atoms with van der Waals surface area (Å²) in [5, 5.41) is 0. The predicted molar refractivity (Wildman–Crippen MR) is 105 cm³/mol. The Hall–Kier alpha value is -1.32. The van der Waals surface area contributed by atoms with E-state index in [1.165, 1.54) is 0 Å². The fourth-order valence-corrected chi connectivity index (χ4v) is 5.80. The first-order valence-corrected chi connectivity index (χ1v) is 11.1. The summed E-state index contributed by atoms with van der Waals surface area (Å²) in [7, 11) is 0. The Balaban J connectivity index is 1.91. The molecule has 1 spiro atoms. The summed E-state index contributed by atoms with van der Waals surface area (Å²) in [6.07, 6.45) is 9.17. The van der Waals surface area contributed by atoms with Crippen LogP contribution in [0.4, 0.5) is 0 Å². The third kappa shape index (κ3) is 4.09. The molecule has 152 valence electrons. The molecule has 2 aliphatic carbocycles. The quantitative estimate of drug-likeness (QED) is 0.450. The summed E-state index contributed by atoms with van der Waals surface area (Å²) in [6.45, 7) is 8.88. The zero-order valence-corrected chi connectivity index (χ0v) is 17.5. The number of unbranched alkanes of at least 4 members (excludes halogenated alkanes) is 2. The second-order valence-corrected chi connectivity index (χ2v) is 9.32. The van der Waals surface area contributed by atoms with Crippen LogP contribution in [0.15, 0.2) is 11.3 Å². The van der Waals surface area contributed by atoms with Gasteiger partial charge in [0.1, 0.15) is 0 Å². The van der Waals surface area contributed by atoms with E-state index >= 15 is 0 Å². The van der Waals surface area contributed by atoms with Crippen LogP contribution in [-0.4, -0.2) is 17.5 Å². The maximum absolute atomic E-state index is 13.0. The molecule has 0 aromatic rings. The zero-order valence-electron chi connectivity index (χ0n) is 17.5. The van der Waals surface area contributed by atoms with Crippen molar-refractivity contribution >= 4 is 11.9 Å². The molecule has 0 aromatic heterocycles.